The molecule has 0 aliphatic carbocycles. The van der Waals surface area contributed by atoms with Gasteiger partial charge < -0.3 is 10.2 Å². The van der Waals surface area contributed by atoms with Gasteiger partial charge in [-0.3, -0.25) is 14.4 Å². The van der Waals surface area contributed by atoms with Crippen molar-refractivity contribution in [1.82, 2.24) is 9.80 Å². The Kier molecular flexibility index (Phi) is 2.84. The molecule has 1 aromatic rings. The number of primary amides is 1. The maximum Gasteiger partial charge on any atom is 0.335 e. The van der Waals surface area contributed by atoms with Gasteiger partial charge in [0.25, 0.3) is 0 Å². The summed E-state index contributed by atoms with van der Waals surface area (Å²) in [6, 6.07) is 2.27. The Labute approximate surface area is 101 Å². The van der Waals surface area contributed by atoms with Gasteiger partial charge in [-0.05, 0) is 12.1 Å². The molecule has 1 fully saturated rings. The molecule has 5 amide bonds. The minimum atomic E-state index is -1.06. The third-order valence-electron chi connectivity index (χ3n) is 2.34. The van der Waals surface area contributed by atoms with E-state index in [2.05, 4.69) is 0 Å². The van der Waals surface area contributed by atoms with Crippen LogP contribution in [0.1, 0.15) is 5.76 Å². The molecule has 0 unspecified atom stereocenters. The molecule has 2 N–H and O–H groups in total. The Hall–Kier alpha value is -2.64. The monoisotopic (exact) mass is 251 g/mol. The van der Waals surface area contributed by atoms with E-state index in [0.29, 0.717) is 15.6 Å². The Balaban J connectivity index is 2.17. The molecule has 1 aromatic heterocycles. The molecular formula is C10H9N3O5. The van der Waals surface area contributed by atoms with Crippen molar-refractivity contribution in [2.24, 2.45) is 5.73 Å². The smallest absolute Gasteiger partial charge is 0.335 e. The van der Waals surface area contributed by atoms with Gasteiger partial charge in [-0.2, -0.15) is 0 Å². The van der Waals surface area contributed by atoms with Crippen LogP contribution in [0.5, 0.6) is 0 Å². The zero-order chi connectivity index (χ0) is 13.3. The Morgan fingerprint density at radius 3 is 2.44 bits per heavy atom. The first-order valence-corrected chi connectivity index (χ1v) is 4.98. The lowest BCUT2D eigenvalue weighted by molar-refractivity contribution is -0.144. The Morgan fingerprint density at radius 1 is 1.22 bits per heavy atom. The van der Waals surface area contributed by atoms with Crippen LogP contribution in [-0.2, 0) is 20.9 Å². The fourth-order valence-electron chi connectivity index (χ4n) is 1.54. The van der Waals surface area contributed by atoms with Crippen LogP contribution in [0.3, 0.4) is 0 Å². The third-order valence-corrected chi connectivity index (χ3v) is 2.34. The highest BCUT2D eigenvalue weighted by Gasteiger charge is 2.45. The first-order valence-electron chi connectivity index (χ1n) is 4.98. The van der Waals surface area contributed by atoms with Crippen molar-refractivity contribution in [2.45, 2.75) is 6.54 Å². The number of urea groups is 1. The molecule has 18 heavy (non-hydrogen) atoms. The maximum atomic E-state index is 11.7. The zero-order valence-corrected chi connectivity index (χ0v) is 9.16. The summed E-state index contributed by atoms with van der Waals surface area (Å²) in [6.07, 6.45) is 1.38. The largest absolute Gasteiger partial charge is 0.467 e. The van der Waals surface area contributed by atoms with E-state index in [1.807, 2.05) is 0 Å². The van der Waals surface area contributed by atoms with Crippen molar-refractivity contribution in [3.8, 4) is 0 Å². The number of imide groups is 2. The molecular weight excluding hydrogens is 242 g/mol. The highest BCUT2D eigenvalue weighted by Crippen LogP contribution is 2.15. The molecule has 0 bridgehead atoms. The molecule has 2 rings (SSSR count). The summed E-state index contributed by atoms with van der Waals surface area (Å²) in [4.78, 5) is 46.7. The predicted octanol–water partition coefficient (Wildman–Crippen LogP) is -0.944. The number of nitrogens with two attached hydrogens (primary N) is 1. The van der Waals surface area contributed by atoms with E-state index in [4.69, 9.17) is 10.2 Å². The number of nitrogens with zero attached hydrogens (tertiary/aromatic N) is 2. The van der Waals surface area contributed by atoms with Crippen LogP contribution < -0.4 is 5.73 Å². The molecule has 0 saturated carbocycles. The first-order chi connectivity index (χ1) is 8.50. The summed E-state index contributed by atoms with van der Waals surface area (Å²) in [7, 11) is 0. The van der Waals surface area contributed by atoms with Gasteiger partial charge in [-0.25, -0.2) is 14.6 Å². The normalized spacial score (nSPS) is 15.7. The number of hydrogen-bond acceptors (Lipinski definition) is 5. The molecule has 1 saturated heterocycles. The van der Waals surface area contributed by atoms with Gasteiger partial charge in [0.05, 0.1) is 12.8 Å². The highest BCUT2D eigenvalue weighted by molar-refractivity contribution is 6.44. The average Bonchev–Trinajstić information content (AvgIpc) is 2.88. The van der Waals surface area contributed by atoms with Crippen LogP contribution in [0, 0.1) is 0 Å². The van der Waals surface area contributed by atoms with E-state index in [9.17, 15) is 19.2 Å². The van der Waals surface area contributed by atoms with Crippen LogP contribution in [0.15, 0.2) is 22.8 Å². The summed E-state index contributed by atoms with van der Waals surface area (Å²) >= 11 is 0. The molecule has 8 nitrogen and oxygen atoms in total. The van der Waals surface area contributed by atoms with Gasteiger partial charge in [-0.15, -0.1) is 0 Å². The van der Waals surface area contributed by atoms with Gasteiger partial charge in [0, 0.05) is 0 Å². The van der Waals surface area contributed by atoms with Crippen molar-refractivity contribution >= 4 is 23.8 Å². The minimum Gasteiger partial charge on any atom is -0.467 e. The third kappa shape index (κ3) is 1.95. The van der Waals surface area contributed by atoms with E-state index in [1.54, 1.807) is 12.1 Å². The van der Waals surface area contributed by atoms with Gasteiger partial charge in [0.15, 0.2) is 0 Å². The van der Waals surface area contributed by atoms with Gasteiger partial charge >= 0.3 is 17.8 Å². The number of furan rings is 1. The lowest BCUT2D eigenvalue weighted by Crippen LogP contribution is -2.39. The second kappa shape index (κ2) is 4.32. The Bertz CT molecular complexity index is 522. The van der Waals surface area contributed by atoms with E-state index in [1.165, 1.54) is 6.26 Å². The van der Waals surface area contributed by atoms with Gasteiger partial charge in [0.2, 0.25) is 5.91 Å². The summed E-state index contributed by atoms with van der Waals surface area (Å²) in [6.45, 7) is -0.774. The number of hydrogen-bond donors (Lipinski definition) is 1. The molecule has 1 aliphatic rings. The predicted molar refractivity (Wildman–Crippen MR) is 55.6 cm³/mol. The Morgan fingerprint density at radius 2 is 1.89 bits per heavy atom. The number of amides is 5. The van der Waals surface area contributed by atoms with Crippen molar-refractivity contribution in [3.63, 3.8) is 0 Å². The van der Waals surface area contributed by atoms with Crippen LogP contribution in [-0.4, -0.2) is 40.1 Å². The molecule has 8 heteroatoms. The lowest BCUT2D eigenvalue weighted by atomic mass is 10.4. The lowest BCUT2D eigenvalue weighted by Gasteiger charge is -2.12. The van der Waals surface area contributed by atoms with Gasteiger partial charge in [0.1, 0.15) is 12.3 Å². The number of rotatable bonds is 4. The fourth-order valence-corrected chi connectivity index (χ4v) is 1.54. The molecule has 1 aliphatic heterocycles. The standard InChI is InChI=1S/C10H9N3O5/c11-7(14)5-13-9(16)8(15)12(10(13)17)4-6-2-1-3-18-6/h1-3H,4-5H2,(H2,11,14). The second-order valence-electron chi connectivity index (χ2n) is 3.61. The topological polar surface area (TPSA) is 114 Å². The molecule has 0 radical (unpaired) electrons. The first kappa shape index (κ1) is 11.8. The second-order valence-corrected chi connectivity index (χ2v) is 3.61. The fraction of sp³-hybridized carbons (Fsp3) is 0.200. The molecule has 0 spiro atoms. The van der Waals surface area contributed by atoms with Crippen molar-refractivity contribution in [1.29, 1.82) is 0 Å². The zero-order valence-electron chi connectivity index (χ0n) is 9.16. The quantitative estimate of drug-likeness (QED) is 0.547. The number of carbonyl (C=O) groups excluding carboxylic acids is 4. The molecule has 0 atom stereocenters. The average molecular weight is 251 g/mol. The molecule has 2 heterocycles. The maximum absolute atomic E-state index is 11.7. The molecule has 0 aromatic carbocycles. The van der Waals surface area contributed by atoms with E-state index >= 15 is 0 Å². The van der Waals surface area contributed by atoms with E-state index < -0.39 is 30.3 Å². The van der Waals surface area contributed by atoms with Crippen LogP contribution >= 0.6 is 0 Å². The summed E-state index contributed by atoms with van der Waals surface area (Å²) in [5, 5.41) is 0. The van der Waals surface area contributed by atoms with Crippen molar-refractivity contribution in [2.75, 3.05) is 6.54 Å². The SMILES string of the molecule is NC(=O)CN1C(=O)C(=O)N(Cc2ccco2)C1=O. The number of carbonyl (C=O) groups is 4. The highest BCUT2D eigenvalue weighted by atomic mass is 16.3. The van der Waals surface area contributed by atoms with Crippen molar-refractivity contribution in [3.05, 3.63) is 24.2 Å². The summed E-state index contributed by atoms with van der Waals surface area (Å²) < 4.78 is 4.98. The summed E-state index contributed by atoms with van der Waals surface area (Å²) in [5.74, 6) is -2.59. The summed E-state index contributed by atoms with van der Waals surface area (Å²) in [5.41, 5.74) is 4.89. The van der Waals surface area contributed by atoms with E-state index in [-0.39, 0.29) is 6.54 Å². The van der Waals surface area contributed by atoms with Crippen molar-refractivity contribution < 1.29 is 23.6 Å². The molecule has 94 valence electrons. The van der Waals surface area contributed by atoms with E-state index in [0.717, 1.165) is 0 Å². The van der Waals surface area contributed by atoms with Crippen LogP contribution in [0.4, 0.5) is 4.79 Å². The van der Waals surface area contributed by atoms with Crippen LogP contribution in [0.25, 0.3) is 0 Å². The van der Waals surface area contributed by atoms with Crippen LogP contribution in [0.2, 0.25) is 0 Å². The van der Waals surface area contributed by atoms with Gasteiger partial charge in [-0.1, -0.05) is 0 Å². The minimum absolute atomic E-state index is 0.161.